The van der Waals surface area contributed by atoms with E-state index >= 15 is 0 Å². The standard InChI is InChI=1S/C19H26N4O4/c1-6-21-19(26)22-17(24)11-27-18(25)16(9-20)8-15-7-13(4)23(14(15)5)10-12(2)3/h7-8,12H,6,10-11H2,1-5H3,(H2,21,22,24,26)/b16-8+. The fourth-order valence-electron chi connectivity index (χ4n) is 2.49. The maximum Gasteiger partial charge on any atom is 0.349 e. The fraction of sp³-hybridized carbons (Fsp3) is 0.474. The second-order valence-corrected chi connectivity index (χ2v) is 6.48. The van der Waals surface area contributed by atoms with Gasteiger partial charge in [-0.2, -0.15) is 5.26 Å². The van der Waals surface area contributed by atoms with Gasteiger partial charge < -0.3 is 14.6 Å². The monoisotopic (exact) mass is 374 g/mol. The first-order valence-electron chi connectivity index (χ1n) is 8.72. The molecule has 2 N–H and O–H groups in total. The van der Waals surface area contributed by atoms with E-state index in [4.69, 9.17) is 4.74 Å². The SMILES string of the molecule is CCNC(=O)NC(=O)COC(=O)/C(C#N)=C/c1cc(C)n(CC(C)C)c1C. The number of nitrogens with one attached hydrogen (secondary N) is 2. The van der Waals surface area contributed by atoms with Gasteiger partial charge >= 0.3 is 12.0 Å². The van der Waals surface area contributed by atoms with Crippen molar-refractivity contribution in [2.24, 2.45) is 5.92 Å². The smallest absolute Gasteiger partial charge is 0.349 e. The Balaban J connectivity index is 2.83. The van der Waals surface area contributed by atoms with E-state index in [2.05, 4.69) is 23.7 Å². The van der Waals surface area contributed by atoms with Crippen molar-refractivity contribution in [2.45, 2.75) is 41.2 Å². The Hall–Kier alpha value is -3.08. The Kier molecular flexibility index (Phi) is 8.27. The molecule has 27 heavy (non-hydrogen) atoms. The zero-order valence-electron chi connectivity index (χ0n) is 16.4. The van der Waals surface area contributed by atoms with Crippen LogP contribution in [-0.4, -0.2) is 35.6 Å². The topological polar surface area (TPSA) is 113 Å². The molecule has 0 radical (unpaired) electrons. The number of carbonyl (C=O) groups excluding carboxylic acids is 3. The van der Waals surface area contributed by atoms with Crippen molar-refractivity contribution in [3.63, 3.8) is 0 Å². The lowest BCUT2D eigenvalue weighted by atomic mass is 10.1. The van der Waals surface area contributed by atoms with Gasteiger partial charge in [-0.15, -0.1) is 0 Å². The number of nitriles is 1. The Morgan fingerprint density at radius 3 is 2.56 bits per heavy atom. The van der Waals surface area contributed by atoms with Gasteiger partial charge in [-0.05, 0) is 44.4 Å². The summed E-state index contributed by atoms with van der Waals surface area (Å²) in [4.78, 5) is 34.9. The zero-order chi connectivity index (χ0) is 20.6. The minimum atomic E-state index is -0.919. The van der Waals surface area contributed by atoms with Crippen LogP contribution in [0, 0.1) is 31.1 Å². The summed E-state index contributed by atoms with van der Waals surface area (Å²) in [6, 6.07) is 3.02. The third kappa shape index (κ3) is 6.62. The lowest BCUT2D eigenvalue weighted by molar-refractivity contribution is -0.144. The van der Waals surface area contributed by atoms with Crippen LogP contribution in [0.15, 0.2) is 11.6 Å². The van der Waals surface area contributed by atoms with E-state index < -0.39 is 24.5 Å². The summed E-state index contributed by atoms with van der Waals surface area (Å²) in [6.07, 6.45) is 1.45. The first-order chi connectivity index (χ1) is 12.7. The van der Waals surface area contributed by atoms with Crippen LogP contribution in [-0.2, 0) is 20.9 Å². The van der Waals surface area contributed by atoms with Gasteiger partial charge in [0.1, 0.15) is 11.6 Å². The van der Waals surface area contributed by atoms with Crippen LogP contribution in [0.2, 0.25) is 0 Å². The quantitative estimate of drug-likeness (QED) is 0.431. The van der Waals surface area contributed by atoms with Crippen molar-refractivity contribution in [2.75, 3.05) is 13.2 Å². The van der Waals surface area contributed by atoms with E-state index in [9.17, 15) is 19.6 Å². The molecular formula is C19H26N4O4. The molecule has 8 nitrogen and oxygen atoms in total. The van der Waals surface area contributed by atoms with Gasteiger partial charge in [0.25, 0.3) is 5.91 Å². The van der Waals surface area contributed by atoms with Gasteiger partial charge in [-0.1, -0.05) is 13.8 Å². The molecule has 146 valence electrons. The van der Waals surface area contributed by atoms with E-state index in [1.165, 1.54) is 6.08 Å². The summed E-state index contributed by atoms with van der Waals surface area (Å²) >= 11 is 0. The maximum absolute atomic E-state index is 12.1. The average molecular weight is 374 g/mol. The van der Waals surface area contributed by atoms with E-state index in [0.717, 1.165) is 23.5 Å². The molecule has 0 aliphatic heterocycles. The number of hydrogen-bond acceptors (Lipinski definition) is 5. The molecule has 0 aliphatic rings. The van der Waals surface area contributed by atoms with Crippen LogP contribution in [0.1, 0.15) is 37.7 Å². The van der Waals surface area contributed by atoms with Gasteiger partial charge in [0.2, 0.25) is 0 Å². The molecule has 0 saturated carbocycles. The van der Waals surface area contributed by atoms with Gasteiger partial charge in [-0.3, -0.25) is 10.1 Å². The molecule has 1 rings (SSSR count). The van der Waals surface area contributed by atoms with Crippen LogP contribution in [0.4, 0.5) is 4.79 Å². The summed E-state index contributed by atoms with van der Waals surface area (Å²) in [6.45, 7) is 10.3. The third-order valence-corrected chi connectivity index (χ3v) is 3.73. The molecule has 0 spiro atoms. The number of carbonyl (C=O) groups is 3. The molecule has 0 aromatic carbocycles. The molecule has 0 fully saturated rings. The van der Waals surface area contributed by atoms with E-state index in [1.807, 2.05) is 25.2 Å². The molecule has 0 aliphatic carbocycles. The Morgan fingerprint density at radius 2 is 2.00 bits per heavy atom. The normalized spacial score (nSPS) is 11.1. The van der Waals surface area contributed by atoms with E-state index in [1.54, 1.807) is 13.0 Å². The van der Waals surface area contributed by atoms with Crippen molar-refractivity contribution in [3.05, 3.63) is 28.6 Å². The Bertz CT molecular complexity index is 784. The lowest BCUT2D eigenvalue weighted by Gasteiger charge is -2.12. The number of rotatable bonds is 7. The molecule has 0 saturated heterocycles. The molecule has 0 atom stereocenters. The summed E-state index contributed by atoms with van der Waals surface area (Å²) in [5, 5.41) is 13.6. The maximum atomic E-state index is 12.1. The molecule has 8 heteroatoms. The van der Waals surface area contributed by atoms with Gasteiger partial charge in [0.15, 0.2) is 6.61 Å². The molecular weight excluding hydrogens is 348 g/mol. The molecule has 1 aromatic heterocycles. The second-order valence-electron chi connectivity index (χ2n) is 6.48. The van der Waals surface area contributed by atoms with Crippen LogP contribution in [0.5, 0.6) is 0 Å². The summed E-state index contributed by atoms with van der Waals surface area (Å²) in [7, 11) is 0. The average Bonchev–Trinajstić information content (AvgIpc) is 2.84. The summed E-state index contributed by atoms with van der Waals surface area (Å²) < 4.78 is 6.94. The van der Waals surface area contributed by atoms with Gasteiger partial charge in [0, 0.05) is 24.5 Å². The summed E-state index contributed by atoms with van der Waals surface area (Å²) in [5.41, 5.74) is 2.49. The van der Waals surface area contributed by atoms with E-state index in [-0.39, 0.29) is 5.57 Å². The van der Waals surface area contributed by atoms with Crippen LogP contribution < -0.4 is 10.6 Å². The number of aryl methyl sites for hydroxylation is 1. The molecule has 1 aromatic rings. The van der Waals surface area contributed by atoms with Crippen LogP contribution in [0.3, 0.4) is 0 Å². The molecule has 1 heterocycles. The first-order valence-corrected chi connectivity index (χ1v) is 8.72. The lowest BCUT2D eigenvalue weighted by Crippen LogP contribution is -2.41. The molecule has 0 bridgehead atoms. The number of aromatic nitrogens is 1. The molecule has 0 unspecified atom stereocenters. The highest BCUT2D eigenvalue weighted by molar-refractivity contribution is 6.00. The number of hydrogen-bond donors (Lipinski definition) is 2. The van der Waals surface area contributed by atoms with Crippen molar-refractivity contribution < 1.29 is 19.1 Å². The highest BCUT2D eigenvalue weighted by Gasteiger charge is 2.16. The van der Waals surface area contributed by atoms with Gasteiger partial charge in [-0.25, -0.2) is 9.59 Å². The van der Waals surface area contributed by atoms with Crippen molar-refractivity contribution in [1.29, 1.82) is 5.26 Å². The molecule has 3 amide bonds. The first kappa shape index (κ1) is 22.0. The number of esters is 1. The largest absolute Gasteiger partial charge is 0.451 e. The van der Waals surface area contributed by atoms with Crippen molar-refractivity contribution in [1.82, 2.24) is 15.2 Å². The third-order valence-electron chi connectivity index (χ3n) is 3.73. The predicted molar refractivity (Wildman–Crippen MR) is 101 cm³/mol. The minimum Gasteiger partial charge on any atom is -0.451 e. The fourth-order valence-corrected chi connectivity index (χ4v) is 2.49. The minimum absolute atomic E-state index is 0.217. The summed E-state index contributed by atoms with van der Waals surface area (Å²) in [5.74, 6) is -1.24. The highest BCUT2D eigenvalue weighted by atomic mass is 16.5. The van der Waals surface area contributed by atoms with Crippen molar-refractivity contribution in [3.8, 4) is 6.07 Å². The number of nitrogens with zero attached hydrogens (tertiary/aromatic N) is 2. The second kappa shape index (κ2) is 10.2. The number of ether oxygens (including phenoxy) is 1. The zero-order valence-corrected chi connectivity index (χ0v) is 16.4. The van der Waals surface area contributed by atoms with Crippen molar-refractivity contribution >= 4 is 24.0 Å². The van der Waals surface area contributed by atoms with E-state index in [0.29, 0.717) is 12.5 Å². The Labute approximate surface area is 159 Å². The number of urea groups is 1. The Morgan fingerprint density at radius 1 is 1.33 bits per heavy atom. The van der Waals surface area contributed by atoms with Crippen LogP contribution >= 0.6 is 0 Å². The highest BCUT2D eigenvalue weighted by Crippen LogP contribution is 2.20. The van der Waals surface area contributed by atoms with Crippen LogP contribution in [0.25, 0.3) is 6.08 Å². The number of imide groups is 1. The number of amides is 3. The van der Waals surface area contributed by atoms with Gasteiger partial charge in [0.05, 0.1) is 0 Å². The predicted octanol–water partition coefficient (Wildman–Crippen LogP) is 2.06.